The fourth-order valence-corrected chi connectivity index (χ4v) is 4.77. The SMILES string of the molecule is COc1cc(NC2=NC(c3ccc4c(c3)OCCN4)=CN3CCN=C23)ccc1N1CC[C@H](O)C1. The second-order valence-corrected chi connectivity index (χ2v) is 8.76. The van der Waals surface area contributed by atoms with E-state index in [1.807, 2.05) is 30.3 Å². The second kappa shape index (κ2) is 8.57. The van der Waals surface area contributed by atoms with E-state index in [0.717, 1.165) is 78.3 Å². The predicted octanol–water partition coefficient (Wildman–Crippen LogP) is 2.61. The Hall–Kier alpha value is -3.72. The Kier molecular flexibility index (Phi) is 5.26. The monoisotopic (exact) mass is 460 g/mol. The number of aliphatic hydroxyl groups is 1. The second-order valence-electron chi connectivity index (χ2n) is 8.76. The van der Waals surface area contributed by atoms with Crippen LogP contribution in [0.5, 0.6) is 11.5 Å². The molecule has 9 heteroatoms. The van der Waals surface area contributed by atoms with E-state index < -0.39 is 0 Å². The summed E-state index contributed by atoms with van der Waals surface area (Å²) < 4.78 is 11.5. The molecule has 4 aliphatic rings. The van der Waals surface area contributed by atoms with E-state index >= 15 is 0 Å². The molecule has 0 amide bonds. The molecule has 34 heavy (non-hydrogen) atoms. The van der Waals surface area contributed by atoms with Crippen LogP contribution in [0.4, 0.5) is 17.1 Å². The third-order valence-electron chi connectivity index (χ3n) is 6.50. The van der Waals surface area contributed by atoms with Crippen molar-refractivity contribution in [2.45, 2.75) is 12.5 Å². The van der Waals surface area contributed by atoms with Gasteiger partial charge in [0.05, 0.1) is 36.8 Å². The average molecular weight is 461 g/mol. The van der Waals surface area contributed by atoms with Crippen molar-refractivity contribution in [3.8, 4) is 11.5 Å². The first-order valence-corrected chi connectivity index (χ1v) is 11.7. The Balaban J connectivity index is 1.29. The van der Waals surface area contributed by atoms with Gasteiger partial charge in [-0.25, -0.2) is 4.99 Å². The normalized spacial score (nSPS) is 21.0. The minimum atomic E-state index is -0.291. The van der Waals surface area contributed by atoms with Crippen LogP contribution in [0.15, 0.2) is 52.6 Å². The number of benzene rings is 2. The zero-order valence-electron chi connectivity index (χ0n) is 19.1. The van der Waals surface area contributed by atoms with E-state index in [0.29, 0.717) is 19.0 Å². The van der Waals surface area contributed by atoms with Crippen molar-refractivity contribution in [1.82, 2.24) is 4.90 Å². The van der Waals surface area contributed by atoms with E-state index in [-0.39, 0.29) is 6.10 Å². The molecule has 2 aromatic carbocycles. The number of aliphatic imine (C=N–C) groups is 2. The van der Waals surface area contributed by atoms with Crippen molar-refractivity contribution < 1.29 is 14.6 Å². The van der Waals surface area contributed by atoms with Crippen molar-refractivity contribution >= 4 is 34.4 Å². The van der Waals surface area contributed by atoms with Crippen molar-refractivity contribution in [2.24, 2.45) is 9.98 Å². The number of methoxy groups -OCH3 is 1. The number of hydrogen-bond acceptors (Lipinski definition) is 9. The first-order valence-electron chi connectivity index (χ1n) is 11.7. The molecular weight excluding hydrogens is 432 g/mol. The molecule has 6 rings (SSSR count). The minimum absolute atomic E-state index is 0.291. The number of anilines is 3. The summed E-state index contributed by atoms with van der Waals surface area (Å²) in [5, 5.41) is 16.7. The number of amidine groups is 2. The van der Waals surface area contributed by atoms with Crippen molar-refractivity contribution in [3.63, 3.8) is 0 Å². The standard InChI is InChI=1S/C25H28N6O3/c1-33-23-13-17(3-5-21(23)30-9-6-18(32)14-30)28-24-25-27-7-10-31(25)15-20(29-24)16-2-4-19-22(12-16)34-11-8-26-19/h2-5,12-13,15,18,26,32H,6-11,14H2,1H3,(H,28,29)/t18-/m0/s1. The highest BCUT2D eigenvalue weighted by molar-refractivity contribution is 6.46. The van der Waals surface area contributed by atoms with Crippen LogP contribution in [0, 0.1) is 0 Å². The summed E-state index contributed by atoms with van der Waals surface area (Å²) in [6, 6.07) is 12.2. The molecule has 0 aromatic heterocycles. The molecular formula is C25H28N6O3. The zero-order chi connectivity index (χ0) is 23.1. The van der Waals surface area contributed by atoms with Gasteiger partial charge in [0.15, 0.2) is 11.7 Å². The predicted molar refractivity (Wildman–Crippen MR) is 134 cm³/mol. The zero-order valence-corrected chi connectivity index (χ0v) is 19.1. The molecule has 1 saturated heterocycles. The van der Waals surface area contributed by atoms with Crippen LogP contribution in [0.3, 0.4) is 0 Å². The van der Waals surface area contributed by atoms with Crippen LogP contribution in [0.1, 0.15) is 12.0 Å². The maximum Gasteiger partial charge on any atom is 0.174 e. The van der Waals surface area contributed by atoms with E-state index in [1.54, 1.807) is 7.11 Å². The van der Waals surface area contributed by atoms with E-state index in [9.17, 15) is 5.11 Å². The average Bonchev–Trinajstić information content (AvgIpc) is 3.52. The van der Waals surface area contributed by atoms with E-state index in [2.05, 4.69) is 37.7 Å². The molecule has 0 spiro atoms. The maximum absolute atomic E-state index is 9.92. The number of ether oxygens (including phenoxy) is 2. The van der Waals surface area contributed by atoms with Crippen LogP contribution in [0.2, 0.25) is 0 Å². The van der Waals surface area contributed by atoms with Gasteiger partial charge in [0.2, 0.25) is 0 Å². The van der Waals surface area contributed by atoms with Crippen LogP contribution >= 0.6 is 0 Å². The van der Waals surface area contributed by atoms with Gasteiger partial charge in [-0.3, -0.25) is 4.99 Å². The largest absolute Gasteiger partial charge is 0.495 e. The summed E-state index contributed by atoms with van der Waals surface area (Å²) in [5.41, 5.74) is 4.71. The molecule has 0 saturated carbocycles. The summed E-state index contributed by atoms with van der Waals surface area (Å²) in [6.45, 7) is 4.46. The van der Waals surface area contributed by atoms with Gasteiger partial charge in [0.25, 0.3) is 0 Å². The summed E-state index contributed by atoms with van der Waals surface area (Å²) in [7, 11) is 1.67. The van der Waals surface area contributed by atoms with Crippen molar-refractivity contribution in [1.29, 1.82) is 0 Å². The number of β-amino-alcohol motifs (C(OH)–C–C–N with tert-alkyl or cyclic N) is 1. The van der Waals surface area contributed by atoms with Gasteiger partial charge in [-0.1, -0.05) is 6.07 Å². The summed E-state index contributed by atoms with van der Waals surface area (Å²) in [6.07, 6.45) is 2.53. The molecule has 9 nitrogen and oxygen atoms in total. The Morgan fingerprint density at radius 1 is 1.21 bits per heavy atom. The van der Waals surface area contributed by atoms with Gasteiger partial charge < -0.3 is 35.0 Å². The number of nitrogens with one attached hydrogen (secondary N) is 2. The van der Waals surface area contributed by atoms with Gasteiger partial charge in [0, 0.05) is 49.7 Å². The summed E-state index contributed by atoms with van der Waals surface area (Å²) in [5.74, 6) is 3.15. The topological polar surface area (TPSA) is 93.9 Å². The lowest BCUT2D eigenvalue weighted by molar-refractivity contribution is 0.198. The number of aliphatic hydroxyl groups excluding tert-OH is 1. The highest BCUT2D eigenvalue weighted by Crippen LogP contribution is 2.35. The van der Waals surface area contributed by atoms with Crippen LogP contribution < -0.4 is 25.0 Å². The quantitative estimate of drug-likeness (QED) is 0.646. The molecule has 3 N–H and O–H groups in total. The highest BCUT2D eigenvalue weighted by atomic mass is 16.5. The Bertz CT molecular complexity index is 1210. The third kappa shape index (κ3) is 3.81. The first-order chi connectivity index (χ1) is 16.7. The molecule has 2 aromatic rings. The fourth-order valence-electron chi connectivity index (χ4n) is 4.77. The molecule has 0 bridgehead atoms. The number of hydrogen-bond donors (Lipinski definition) is 3. The third-order valence-corrected chi connectivity index (χ3v) is 6.50. The Morgan fingerprint density at radius 2 is 2.15 bits per heavy atom. The lowest BCUT2D eigenvalue weighted by Crippen LogP contribution is -2.36. The number of nitrogens with zero attached hydrogens (tertiary/aromatic N) is 4. The van der Waals surface area contributed by atoms with Crippen LogP contribution in [0.25, 0.3) is 5.70 Å². The fraction of sp³-hybridized carbons (Fsp3) is 0.360. The molecule has 0 aliphatic carbocycles. The molecule has 176 valence electrons. The molecule has 1 fully saturated rings. The lowest BCUT2D eigenvalue weighted by Gasteiger charge is -2.25. The van der Waals surface area contributed by atoms with Gasteiger partial charge in [-0.05, 0) is 30.7 Å². The summed E-state index contributed by atoms with van der Waals surface area (Å²) >= 11 is 0. The van der Waals surface area contributed by atoms with Crippen LogP contribution in [-0.2, 0) is 0 Å². The van der Waals surface area contributed by atoms with Gasteiger partial charge in [-0.2, -0.15) is 0 Å². The number of fused-ring (bicyclic) bond motifs is 2. The van der Waals surface area contributed by atoms with Crippen LogP contribution in [-0.4, -0.2) is 74.2 Å². The summed E-state index contributed by atoms with van der Waals surface area (Å²) in [4.78, 5) is 13.9. The minimum Gasteiger partial charge on any atom is -0.495 e. The van der Waals surface area contributed by atoms with E-state index in [1.165, 1.54) is 0 Å². The molecule has 1 atom stereocenters. The van der Waals surface area contributed by atoms with Gasteiger partial charge in [-0.15, -0.1) is 0 Å². The number of rotatable bonds is 4. The van der Waals surface area contributed by atoms with Gasteiger partial charge in [0.1, 0.15) is 18.1 Å². The molecule has 0 radical (unpaired) electrons. The highest BCUT2D eigenvalue weighted by Gasteiger charge is 2.27. The van der Waals surface area contributed by atoms with Crippen molar-refractivity contribution in [3.05, 3.63) is 48.2 Å². The first kappa shape index (κ1) is 20.9. The smallest absolute Gasteiger partial charge is 0.174 e. The molecule has 4 heterocycles. The Labute approximate surface area is 198 Å². The maximum atomic E-state index is 9.92. The van der Waals surface area contributed by atoms with Gasteiger partial charge >= 0.3 is 0 Å². The lowest BCUT2D eigenvalue weighted by atomic mass is 10.1. The Morgan fingerprint density at radius 3 is 3.00 bits per heavy atom. The van der Waals surface area contributed by atoms with Crippen molar-refractivity contribution in [2.75, 3.05) is 62.0 Å². The molecule has 0 unspecified atom stereocenters. The molecule has 4 aliphatic heterocycles. The van der Waals surface area contributed by atoms with E-state index in [4.69, 9.17) is 14.5 Å².